The lowest BCUT2D eigenvalue weighted by Crippen LogP contribution is -2.56. The fraction of sp³-hybridized carbons (Fsp3) is 0.636. The van der Waals surface area contributed by atoms with Crippen LogP contribution in [-0.2, 0) is 16.0 Å². The Labute approximate surface area is 169 Å². The van der Waals surface area contributed by atoms with Gasteiger partial charge in [0.05, 0.1) is 6.04 Å². The molecule has 3 atom stereocenters. The molecule has 1 heterocycles. The molecule has 6 heteroatoms. The van der Waals surface area contributed by atoms with Crippen LogP contribution < -0.4 is 16.4 Å². The number of nitrogens with two attached hydrogens (primary N) is 1. The SMILES string of the molecule is CC[C@H](N)C(=O)N[C@H](C(=O)N1CCC[C@H]1CNCCc1ccccc1)C(C)C. The first-order valence-corrected chi connectivity index (χ1v) is 10.5. The van der Waals surface area contributed by atoms with Gasteiger partial charge in [-0.15, -0.1) is 0 Å². The standard InChI is InChI=1S/C22H36N4O2/c1-4-19(23)21(27)25-20(16(2)3)22(28)26-14-8-11-18(26)15-24-13-12-17-9-6-5-7-10-17/h5-7,9-10,16,18-20,24H,4,8,11-15,23H2,1-3H3,(H,25,27)/t18-,19-,20-/m0/s1. The largest absolute Gasteiger partial charge is 0.343 e. The molecule has 1 aromatic carbocycles. The van der Waals surface area contributed by atoms with Crippen molar-refractivity contribution in [1.29, 1.82) is 0 Å². The number of carbonyl (C=O) groups excluding carboxylic acids is 2. The van der Waals surface area contributed by atoms with Gasteiger partial charge in [0.1, 0.15) is 6.04 Å². The lowest BCUT2D eigenvalue weighted by Gasteiger charge is -2.31. The Morgan fingerprint density at radius 2 is 1.96 bits per heavy atom. The average Bonchev–Trinajstić information content (AvgIpc) is 3.17. The summed E-state index contributed by atoms with van der Waals surface area (Å²) < 4.78 is 0. The maximum absolute atomic E-state index is 13.1. The van der Waals surface area contributed by atoms with E-state index in [-0.39, 0.29) is 23.8 Å². The molecule has 0 unspecified atom stereocenters. The van der Waals surface area contributed by atoms with Gasteiger partial charge >= 0.3 is 0 Å². The van der Waals surface area contributed by atoms with Crippen molar-refractivity contribution >= 4 is 11.8 Å². The fourth-order valence-electron chi connectivity index (χ4n) is 3.62. The lowest BCUT2D eigenvalue weighted by atomic mass is 10.0. The van der Waals surface area contributed by atoms with Gasteiger partial charge < -0.3 is 21.3 Å². The minimum atomic E-state index is -0.567. The number of rotatable bonds is 10. The number of nitrogens with one attached hydrogen (secondary N) is 2. The molecular weight excluding hydrogens is 352 g/mol. The van der Waals surface area contributed by atoms with E-state index in [4.69, 9.17) is 5.73 Å². The van der Waals surface area contributed by atoms with E-state index in [0.717, 1.165) is 38.9 Å². The van der Waals surface area contributed by atoms with E-state index in [9.17, 15) is 9.59 Å². The zero-order valence-corrected chi connectivity index (χ0v) is 17.5. The molecule has 0 radical (unpaired) electrons. The van der Waals surface area contributed by atoms with Crippen molar-refractivity contribution in [3.05, 3.63) is 35.9 Å². The Morgan fingerprint density at radius 1 is 1.25 bits per heavy atom. The third-order valence-corrected chi connectivity index (χ3v) is 5.48. The molecule has 0 aromatic heterocycles. The summed E-state index contributed by atoms with van der Waals surface area (Å²) in [6.07, 6.45) is 3.53. The number of hydrogen-bond acceptors (Lipinski definition) is 4. The molecule has 4 N–H and O–H groups in total. The molecule has 28 heavy (non-hydrogen) atoms. The van der Waals surface area contributed by atoms with Crippen LogP contribution in [0, 0.1) is 5.92 Å². The van der Waals surface area contributed by atoms with Crippen LogP contribution in [0.15, 0.2) is 30.3 Å². The minimum Gasteiger partial charge on any atom is -0.343 e. The van der Waals surface area contributed by atoms with Crippen molar-refractivity contribution in [2.45, 2.75) is 64.6 Å². The molecule has 2 amide bonds. The van der Waals surface area contributed by atoms with Crippen molar-refractivity contribution < 1.29 is 9.59 Å². The van der Waals surface area contributed by atoms with E-state index in [1.165, 1.54) is 5.56 Å². The van der Waals surface area contributed by atoms with Crippen molar-refractivity contribution in [3.63, 3.8) is 0 Å². The molecule has 1 aliphatic heterocycles. The maximum atomic E-state index is 13.1. The van der Waals surface area contributed by atoms with E-state index in [1.807, 2.05) is 31.7 Å². The predicted molar refractivity (Wildman–Crippen MR) is 113 cm³/mol. The number of likely N-dealkylation sites (tertiary alicyclic amines) is 1. The fourth-order valence-corrected chi connectivity index (χ4v) is 3.62. The van der Waals surface area contributed by atoms with Gasteiger partial charge in [0, 0.05) is 19.1 Å². The number of benzene rings is 1. The Bertz CT molecular complexity index is 620. The molecule has 1 fully saturated rings. The van der Waals surface area contributed by atoms with Crippen LogP contribution >= 0.6 is 0 Å². The first kappa shape index (κ1) is 22.4. The van der Waals surface area contributed by atoms with Gasteiger partial charge in [0.25, 0.3) is 0 Å². The van der Waals surface area contributed by atoms with Crippen molar-refractivity contribution in [3.8, 4) is 0 Å². The zero-order chi connectivity index (χ0) is 20.5. The van der Waals surface area contributed by atoms with Gasteiger partial charge in [-0.1, -0.05) is 51.1 Å². The number of nitrogens with zero attached hydrogens (tertiary/aromatic N) is 1. The monoisotopic (exact) mass is 388 g/mol. The summed E-state index contributed by atoms with van der Waals surface area (Å²) in [5, 5.41) is 6.37. The van der Waals surface area contributed by atoms with Crippen molar-refractivity contribution in [1.82, 2.24) is 15.5 Å². The second-order valence-corrected chi connectivity index (χ2v) is 8.01. The average molecular weight is 389 g/mol. The van der Waals surface area contributed by atoms with E-state index >= 15 is 0 Å². The number of amides is 2. The molecule has 0 saturated carbocycles. The topological polar surface area (TPSA) is 87.5 Å². The summed E-state index contributed by atoms with van der Waals surface area (Å²) in [5.41, 5.74) is 7.14. The summed E-state index contributed by atoms with van der Waals surface area (Å²) in [6.45, 7) is 8.22. The Morgan fingerprint density at radius 3 is 2.61 bits per heavy atom. The molecular formula is C22H36N4O2. The Kier molecular flexibility index (Phi) is 8.93. The molecule has 156 valence electrons. The van der Waals surface area contributed by atoms with Crippen LogP contribution in [0.1, 0.15) is 45.6 Å². The van der Waals surface area contributed by atoms with Gasteiger partial charge in [0.15, 0.2) is 0 Å². The van der Waals surface area contributed by atoms with Crippen LogP contribution in [0.4, 0.5) is 0 Å². The van der Waals surface area contributed by atoms with Gasteiger partial charge in [-0.05, 0) is 43.7 Å². The van der Waals surface area contributed by atoms with Crippen molar-refractivity contribution in [2.75, 3.05) is 19.6 Å². The number of hydrogen-bond donors (Lipinski definition) is 3. The second-order valence-electron chi connectivity index (χ2n) is 8.01. The summed E-state index contributed by atoms with van der Waals surface area (Å²) in [6, 6.07) is 9.48. The molecule has 6 nitrogen and oxygen atoms in total. The highest BCUT2D eigenvalue weighted by Crippen LogP contribution is 2.20. The molecule has 0 aliphatic carbocycles. The summed E-state index contributed by atoms with van der Waals surface area (Å²) >= 11 is 0. The molecule has 1 aromatic rings. The van der Waals surface area contributed by atoms with Gasteiger partial charge in [0.2, 0.25) is 11.8 Å². The normalized spacial score (nSPS) is 18.9. The predicted octanol–water partition coefficient (Wildman–Crippen LogP) is 1.69. The van der Waals surface area contributed by atoms with Crippen LogP contribution in [0.5, 0.6) is 0 Å². The Balaban J connectivity index is 1.87. The smallest absolute Gasteiger partial charge is 0.245 e. The van der Waals surface area contributed by atoms with Gasteiger partial charge in [-0.2, -0.15) is 0 Å². The second kappa shape index (κ2) is 11.2. The quantitative estimate of drug-likeness (QED) is 0.532. The number of carbonyl (C=O) groups is 2. The summed E-state index contributed by atoms with van der Waals surface area (Å²) in [7, 11) is 0. The molecule has 1 aliphatic rings. The van der Waals surface area contributed by atoms with E-state index in [2.05, 4.69) is 34.9 Å². The summed E-state index contributed by atoms with van der Waals surface area (Å²) in [4.78, 5) is 27.3. The summed E-state index contributed by atoms with van der Waals surface area (Å²) in [5.74, 6) is -0.210. The molecule has 1 saturated heterocycles. The highest BCUT2D eigenvalue weighted by Gasteiger charge is 2.35. The van der Waals surface area contributed by atoms with Crippen LogP contribution in [0.3, 0.4) is 0 Å². The van der Waals surface area contributed by atoms with Gasteiger partial charge in [-0.25, -0.2) is 0 Å². The third kappa shape index (κ3) is 6.31. The van der Waals surface area contributed by atoms with Crippen LogP contribution in [0.25, 0.3) is 0 Å². The highest BCUT2D eigenvalue weighted by molar-refractivity contribution is 5.90. The first-order valence-electron chi connectivity index (χ1n) is 10.5. The first-order chi connectivity index (χ1) is 13.4. The lowest BCUT2D eigenvalue weighted by molar-refractivity contribution is -0.138. The van der Waals surface area contributed by atoms with E-state index in [0.29, 0.717) is 6.42 Å². The Hall–Kier alpha value is -1.92. The minimum absolute atomic E-state index is 0.0130. The molecule has 2 rings (SSSR count). The molecule has 0 bridgehead atoms. The van der Waals surface area contributed by atoms with Crippen LogP contribution in [0.2, 0.25) is 0 Å². The van der Waals surface area contributed by atoms with E-state index < -0.39 is 12.1 Å². The zero-order valence-electron chi connectivity index (χ0n) is 17.5. The van der Waals surface area contributed by atoms with E-state index in [1.54, 1.807) is 0 Å². The maximum Gasteiger partial charge on any atom is 0.245 e. The van der Waals surface area contributed by atoms with Gasteiger partial charge in [-0.3, -0.25) is 9.59 Å². The van der Waals surface area contributed by atoms with Crippen LogP contribution in [-0.4, -0.2) is 54.5 Å². The van der Waals surface area contributed by atoms with Crippen molar-refractivity contribution in [2.24, 2.45) is 11.7 Å². The third-order valence-electron chi connectivity index (χ3n) is 5.48. The highest BCUT2D eigenvalue weighted by atomic mass is 16.2. The molecule has 0 spiro atoms.